The maximum atomic E-state index is 12.3. The second-order valence-electron chi connectivity index (χ2n) is 5.68. The topological polar surface area (TPSA) is 41.6 Å². The molecule has 0 fully saturated rings. The van der Waals surface area contributed by atoms with E-state index in [2.05, 4.69) is 21.2 Å². The van der Waals surface area contributed by atoms with Gasteiger partial charge in [0.1, 0.15) is 5.60 Å². The largest absolute Gasteiger partial charge is 0.443 e. The van der Waals surface area contributed by atoms with E-state index >= 15 is 0 Å². The van der Waals surface area contributed by atoms with Crippen molar-refractivity contribution in [3.8, 4) is 0 Å². The van der Waals surface area contributed by atoms with Crippen LogP contribution in [-0.4, -0.2) is 24.8 Å². The van der Waals surface area contributed by atoms with Crippen LogP contribution in [0.4, 0.5) is 16.2 Å². The number of amides is 1. The van der Waals surface area contributed by atoms with Gasteiger partial charge in [0, 0.05) is 17.6 Å². The third-order valence-corrected chi connectivity index (χ3v) is 3.26. The van der Waals surface area contributed by atoms with Gasteiger partial charge in [-0.2, -0.15) is 0 Å². The molecule has 19 heavy (non-hydrogen) atoms. The first-order valence-corrected chi connectivity index (χ1v) is 7.12. The van der Waals surface area contributed by atoms with Crippen LogP contribution in [0, 0.1) is 6.92 Å². The molecule has 0 saturated carbocycles. The summed E-state index contributed by atoms with van der Waals surface area (Å²) in [4.78, 5) is 14.0. The number of rotatable bonds is 0. The summed E-state index contributed by atoms with van der Waals surface area (Å²) in [7, 11) is 0. The number of halogens is 1. The molecule has 104 valence electrons. The standard InChI is InChI=1S/C14H19BrN2O2/c1-9-7-10(15)8-11-12(9)17(6-5-16-11)13(18)19-14(2,3)4/h7-8,16H,5-6H2,1-4H3. The van der Waals surface area contributed by atoms with Crippen molar-refractivity contribution in [2.75, 3.05) is 23.3 Å². The van der Waals surface area contributed by atoms with Gasteiger partial charge in [0.2, 0.25) is 0 Å². The highest BCUT2D eigenvalue weighted by molar-refractivity contribution is 9.10. The zero-order valence-electron chi connectivity index (χ0n) is 11.7. The first kappa shape index (κ1) is 14.2. The van der Waals surface area contributed by atoms with Crippen LogP contribution in [-0.2, 0) is 4.74 Å². The van der Waals surface area contributed by atoms with Crippen LogP contribution in [0.15, 0.2) is 16.6 Å². The van der Waals surface area contributed by atoms with Gasteiger partial charge < -0.3 is 10.1 Å². The summed E-state index contributed by atoms with van der Waals surface area (Å²) in [5.74, 6) is 0. The summed E-state index contributed by atoms with van der Waals surface area (Å²) < 4.78 is 6.47. The molecule has 1 N–H and O–H groups in total. The number of ether oxygens (including phenoxy) is 1. The number of nitrogens with zero attached hydrogens (tertiary/aromatic N) is 1. The molecule has 1 aliphatic rings. The summed E-state index contributed by atoms with van der Waals surface area (Å²) in [6, 6.07) is 3.99. The van der Waals surface area contributed by atoms with E-state index in [-0.39, 0.29) is 6.09 Å². The number of carbonyl (C=O) groups is 1. The molecule has 0 atom stereocenters. The molecule has 0 aromatic heterocycles. The Hall–Kier alpha value is -1.23. The smallest absolute Gasteiger partial charge is 0.414 e. The van der Waals surface area contributed by atoms with E-state index in [1.54, 1.807) is 4.90 Å². The van der Waals surface area contributed by atoms with E-state index in [0.29, 0.717) is 6.54 Å². The quantitative estimate of drug-likeness (QED) is 0.785. The maximum Gasteiger partial charge on any atom is 0.414 e. The second-order valence-corrected chi connectivity index (χ2v) is 6.59. The normalized spacial score (nSPS) is 14.7. The Morgan fingerprint density at radius 1 is 1.42 bits per heavy atom. The van der Waals surface area contributed by atoms with Crippen LogP contribution in [0.2, 0.25) is 0 Å². The molecular formula is C14H19BrN2O2. The summed E-state index contributed by atoms with van der Waals surface area (Å²) >= 11 is 3.47. The number of fused-ring (bicyclic) bond motifs is 1. The minimum atomic E-state index is -0.481. The van der Waals surface area contributed by atoms with Gasteiger partial charge in [-0.05, 0) is 45.4 Å². The lowest BCUT2D eigenvalue weighted by molar-refractivity contribution is 0.0580. The van der Waals surface area contributed by atoms with E-state index in [0.717, 1.165) is 28.0 Å². The van der Waals surface area contributed by atoms with Crippen molar-refractivity contribution >= 4 is 33.4 Å². The molecule has 0 bridgehead atoms. The fourth-order valence-corrected chi connectivity index (χ4v) is 2.71. The molecule has 0 radical (unpaired) electrons. The summed E-state index contributed by atoms with van der Waals surface area (Å²) in [6.07, 6.45) is -0.291. The number of aryl methyl sites for hydroxylation is 1. The Balaban J connectivity index is 2.35. The Bertz CT molecular complexity index is 509. The molecule has 0 unspecified atom stereocenters. The van der Waals surface area contributed by atoms with Crippen LogP contribution < -0.4 is 10.2 Å². The number of benzene rings is 1. The summed E-state index contributed by atoms with van der Waals surface area (Å²) in [5.41, 5.74) is 2.43. The van der Waals surface area contributed by atoms with Gasteiger partial charge in [-0.25, -0.2) is 4.79 Å². The fourth-order valence-electron chi connectivity index (χ4n) is 2.14. The van der Waals surface area contributed by atoms with Crippen LogP contribution in [0.1, 0.15) is 26.3 Å². The predicted octanol–water partition coefficient (Wildman–Crippen LogP) is 3.92. The monoisotopic (exact) mass is 326 g/mol. The zero-order chi connectivity index (χ0) is 14.2. The molecule has 4 nitrogen and oxygen atoms in total. The fraction of sp³-hybridized carbons (Fsp3) is 0.500. The van der Waals surface area contributed by atoms with Crippen molar-refractivity contribution in [1.29, 1.82) is 0 Å². The van der Waals surface area contributed by atoms with Gasteiger partial charge >= 0.3 is 6.09 Å². The van der Waals surface area contributed by atoms with Crippen LogP contribution in [0.25, 0.3) is 0 Å². The lowest BCUT2D eigenvalue weighted by atomic mass is 10.1. The molecule has 0 saturated heterocycles. The van der Waals surface area contributed by atoms with Crippen molar-refractivity contribution in [2.45, 2.75) is 33.3 Å². The summed E-state index contributed by atoms with van der Waals surface area (Å²) in [5, 5.41) is 3.31. The molecule has 0 spiro atoms. The number of anilines is 2. The zero-order valence-corrected chi connectivity index (χ0v) is 13.3. The molecule has 2 rings (SSSR count). The average Bonchev–Trinajstić information content (AvgIpc) is 2.25. The number of carbonyl (C=O) groups excluding carboxylic acids is 1. The van der Waals surface area contributed by atoms with Crippen LogP contribution in [0.5, 0.6) is 0 Å². The van der Waals surface area contributed by atoms with Gasteiger partial charge in [0.05, 0.1) is 11.4 Å². The van der Waals surface area contributed by atoms with Crippen molar-refractivity contribution in [3.05, 3.63) is 22.2 Å². The Morgan fingerprint density at radius 2 is 2.11 bits per heavy atom. The molecule has 1 amide bonds. The molecule has 1 aromatic rings. The molecule has 1 aromatic carbocycles. The summed E-state index contributed by atoms with van der Waals surface area (Å²) in [6.45, 7) is 8.97. The minimum absolute atomic E-state index is 0.291. The van der Waals surface area contributed by atoms with E-state index in [9.17, 15) is 4.79 Å². The van der Waals surface area contributed by atoms with Gasteiger partial charge in [-0.1, -0.05) is 15.9 Å². The predicted molar refractivity (Wildman–Crippen MR) is 80.9 cm³/mol. The Kier molecular flexibility index (Phi) is 3.76. The van der Waals surface area contributed by atoms with Crippen LogP contribution in [0.3, 0.4) is 0 Å². The molecule has 1 aliphatic heterocycles. The molecular weight excluding hydrogens is 308 g/mol. The van der Waals surface area contributed by atoms with Gasteiger partial charge in [0.25, 0.3) is 0 Å². The first-order chi connectivity index (χ1) is 8.78. The Morgan fingerprint density at radius 3 is 2.74 bits per heavy atom. The third-order valence-electron chi connectivity index (χ3n) is 2.80. The van der Waals surface area contributed by atoms with E-state index in [1.807, 2.05) is 39.8 Å². The third kappa shape index (κ3) is 3.21. The van der Waals surface area contributed by atoms with E-state index in [4.69, 9.17) is 4.74 Å². The molecule has 0 aliphatic carbocycles. The second kappa shape index (κ2) is 5.04. The number of hydrogen-bond donors (Lipinski definition) is 1. The highest BCUT2D eigenvalue weighted by Crippen LogP contribution is 2.36. The van der Waals surface area contributed by atoms with Gasteiger partial charge in [-0.3, -0.25) is 4.90 Å². The minimum Gasteiger partial charge on any atom is -0.443 e. The Labute approximate surface area is 122 Å². The van der Waals surface area contributed by atoms with E-state index < -0.39 is 5.60 Å². The van der Waals surface area contributed by atoms with Gasteiger partial charge in [0.15, 0.2) is 0 Å². The van der Waals surface area contributed by atoms with E-state index in [1.165, 1.54) is 0 Å². The van der Waals surface area contributed by atoms with Crippen molar-refractivity contribution in [3.63, 3.8) is 0 Å². The van der Waals surface area contributed by atoms with Crippen molar-refractivity contribution in [1.82, 2.24) is 0 Å². The highest BCUT2D eigenvalue weighted by Gasteiger charge is 2.28. The number of nitrogens with one attached hydrogen (secondary N) is 1. The maximum absolute atomic E-state index is 12.3. The molecule has 1 heterocycles. The van der Waals surface area contributed by atoms with Crippen LogP contribution >= 0.6 is 15.9 Å². The van der Waals surface area contributed by atoms with Crippen molar-refractivity contribution in [2.24, 2.45) is 0 Å². The lowest BCUT2D eigenvalue weighted by Gasteiger charge is -2.33. The van der Waals surface area contributed by atoms with Crippen molar-refractivity contribution < 1.29 is 9.53 Å². The number of hydrogen-bond acceptors (Lipinski definition) is 3. The average molecular weight is 327 g/mol. The first-order valence-electron chi connectivity index (χ1n) is 6.32. The lowest BCUT2D eigenvalue weighted by Crippen LogP contribution is -2.42. The molecule has 5 heteroatoms. The SMILES string of the molecule is Cc1cc(Br)cc2c1N(C(=O)OC(C)(C)C)CCN2. The van der Waals surface area contributed by atoms with Gasteiger partial charge in [-0.15, -0.1) is 0 Å². The highest BCUT2D eigenvalue weighted by atomic mass is 79.9.